The molecular formula is C13H20N2O2. The van der Waals surface area contributed by atoms with Crippen LogP contribution in [0.15, 0.2) is 10.7 Å². The summed E-state index contributed by atoms with van der Waals surface area (Å²) in [6.45, 7) is 7.21. The van der Waals surface area contributed by atoms with Crippen LogP contribution in [0, 0.1) is 5.92 Å². The molecule has 0 saturated carbocycles. The summed E-state index contributed by atoms with van der Waals surface area (Å²) >= 11 is 0. The van der Waals surface area contributed by atoms with E-state index in [2.05, 4.69) is 17.0 Å². The highest BCUT2D eigenvalue weighted by Crippen LogP contribution is 2.23. The Bertz CT molecular complexity index is 379. The van der Waals surface area contributed by atoms with Gasteiger partial charge in [-0.3, -0.25) is 4.79 Å². The second kappa shape index (κ2) is 5.45. The van der Waals surface area contributed by atoms with Gasteiger partial charge in [-0.15, -0.1) is 0 Å². The van der Waals surface area contributed by atoms with Crippen molar-refractivity contribution in [2.24, 2.45) is 5.92 Å². The van der Waals surface area contributed by atoms with Crippen molar-refractivity contribution >= 4 is 5.78 Å². The molecule has 1 aliphatic rings. The van der Waals surface area contributed by atoms with Crippen molar-refractivity contribution in [1.82, 2.24) is 10.1 Å². The molecule has 0 radical (unpaired) electrons. The normalized spacial score (nSPS) is 18.5. The molecule has 4 heteroatoms. The zero-order chi connectivity index (χ0) is 12.3. The first-order valence-electron chi connectivity index (χ1n) is 6.37. The van der Waals surface area contributed by atoms with Crippen molar-refractivity contribution in [3.8, 4) is 0 Å². The molecule has 4 nitrogen and oxygen atoms in total. The maximum atomic E-state index is 11.4. The summed E-state index contributed by atoms with van der Waals surface area (Å²) in [6, 6.07) is 0. The summed E-state index contributed by atoms with van der Waals surface area (Å²) in [5, 5.41) is 3.73. The molecule has 2 heterocycles. The van der Waals surface area contributed by atoms with Crippen LogP contribution in [0.4, 0.5) is 0 Å². The smallest absolute Gasteiger partial charge is 0.164 e. The van der Waals surface area contributed by atoms with E-state index in [1.165, 1.54) is 12.8 Å². The van der Waals surface area contributed by atoms with E-state index in [0.29, 0.717) is 11.5 Å². The number of carbonyl (C=O) groups excluding carboxylic acids is 1. The zero-order valence-electron chi connectivity index (χ0n) is 10.6. The molecule has 0 amide bonds. The molecule has 1 saturated heterocycles. The molecule has 1 fully saturated rings. The Balaban J connectivity index is 1.93. The maximum Gasteiger partial charge on any atom is 0.164 e. The van der Waals surface area contributed by atoms with Gasteiger partial charge in [-0.1, -0.05) is 12.1 Å². The van der Waals surface area contributed by atoms with Gasteiger partial charge in [0.05, 0.1) is 11.8 Å². The number of rotatable bonds is 4. The number of likely N-dealkylation sites (tertiary alicyclic amines) is 1. The second-order valence-corrected chi connectivity index (χ2v) is 4.80. The van der Waals surface area contributed by atoms with E-state index in [-0.39, 0.29) is 5.78 Å². The summed E-state index contributed by atoms with van der Waals surface area (Å²) in [5.74, 6) is 1.45. The zero-order valence-corrected chi connectivity index (χ0v) is 10.6. The molecule has 0 N–H and O–H groups in total. The third-order valence-corrected chi connectivity index (χ3v) is 3.65. The Morgan fingerprint density at radius 2 is 2.24 bits per heavy atom. The maximum absolute atomic E-state index is 11.4. The lowest BCUT2D eigenvalue weighted by Gasteiger charge is -2.30. The Hall–Kier alpha value is -1.16. The van der Waals surface area contributed by atoms with Gasteiger partial charge in [0, 0.05) is 6.42 Å². The number of nitrogens with zero attached hydrogens (tertiary/aromatic N) is 2. The number of Topliss-reactive ketones (excluding diaryl/α,β-unsaturated/α-hetero) is 1. The number of hydrogen-bond acceptors (Lipinski definition) is 4. The number of piperidine rings is 1. The minimum Gasteiger partial charge on any atom is -0.361 e. The van der Waals surface area contributed by atoms with E-state index in [9.17, 15) is 4.79 Å². The highest BCUT2D eigenvalue weighted by Gasteiger charge is 2.22. The lowest BCUT2D eigenvalue weighted by molar-refractivity contribution is 0.101. The van der Waals surface area contributed by atoms with Crippen LogP contribution in [0.2, 0.25) is 0 Å². The molecule has 0 unspecified atom stereocenters. The van der Waals surface area contributed by atoms with Crippen molar-refractivity contribution < 1.29 is 9.32 Å². The van der Waals surface area contributed by atoms with E-state index in [0.717, 1.165) is 31.8 Å². The molecule has 0 bridgehead atoms. The van der Waals surface area contributed by atoms with Gasteiger partial charge >= 0.3 is 0 Å². The average Bonchev–Trinajstić information content (AvgIpc) is 2.78. The molecule has 0 spiro atoms. The van der Waals surface area contributed by atoms with Crippen LogP contribution in [-0.4, -0.2) is 35.5 Å². The lowest BCUT2D eigenvalue weighted by atomic mass is 9.91. The largest absolute Gasteiger partial charge is 0.361 e. The lowest BCUT2D eigenvalue weighted by Crippen LogP contribution is -2.34. The number of ketones is 1. The molecular weight excluding hydrogens is 216 g/mol. The van der Waals surface area contributed by atoms with Gasteiger partial charge in [-0.05, 0) is 45.3 Å². The molecule has 2 rings (SSSR count). The van der Waals surface area contributed by atoms with Gasteiger partial charge in [-0.2, -0.15) is 0 Å². The van der Waals surface area contributed by atoms with Crippen molar-refractivity contribution in [3.05, 3.63) is 17.5 Å². The van der Waals surface area contributed by atoms with Gasteiger partial charge in [0.2, 0.25) is 0 Å². The molecule has 17 heavy (non-hydrogen) atoms. The molecule has 0 atom stereocenters. The summed E-state index contributed by atoms with van der Waals surface area (Å²) in [6.07, 6.45) is 4.77. The van der Waals surface area contributed by atoms with Crippen LogP contribution in [0.25, 0.3) is 0 Å². The first-order chi connectivity index (χ1) is 8.20. The highest BCUT2D eigenvalue weighted by atomic mass is 16.5. The van der Waals surface area contributed by atoms with Crippen molar-refractivity contribution in [1.29, 1.82) is 0 Å². The summed E-state index contributed by atoms with van der Waals surface area (Å²) in [4.78, 5) is 13.8. The standard InChI is InChI=1S/C13H20N2O2/c1-3-15-6-4-11(5-7-15)8-13-12(10(2)16)9-14-17-13/h9,11H,3-8H2,1-2H3. The van der Waals surface area contributed by atoms with E-state index in [1.807, 2.05) is 0 Å². The molecule has 1 aromatic rings. The first-order valence-corrected chi connectivity index (χ1v) is 6.37. The van der Waals surface area contributed by atoms with Crippen LogP contribution in [-0.2, 0) is 6.42 Å². The summed E-state index contributed by atoms with van der Waals surface area (Å²) in [7, 11) is 0. The first kappa shape index (κ1) is 12.3. The quantitative estimate of drug-likeness (QED) is 0.751. The third-order valence-electron chi connectivity index (χ3n) is 3.65. The number of aromatic nitrogens is 1. The fraction of sp³-hybridized carbons (Fsp3) is 0.692. The van der Waals surface area contributed by atoms with Crippen LogP contribution in [0.3, 0.4) is 0 Å². The van der Waals surface area contributed by atoms with Crippen molar-refractivity contribution in [3.63, 3.8) is 0 Å². The van der Waals surface area contributed by atoms with Gasteiger partial charge in [0.15, 0.2) is 5.78 Å². The monoisotopic (exact) mass is 236 g/mol. The van der Waals surface area contributed by atoms with Crippen LogP contribution in [0.5, 0.6) is 0 Å². The van der Waals surface area contributed by atoms with E-state index in [4.69, 9.17) is 4.52 Å². The van der Waals surface area contributed by atoms with Crippen LogP contribution >= 0.6 is 0 Å². The highest BCUT2D eigenvalue weighted by molar-refractivity contribution is 5.94. The fourth-order valence-electron chi connectivity index (χ4n) is 2.47. The molecule has 0 aliphatic carbocycles. The molecule has 94 valence electrons. The minimum atomic E-state index is 0.0484. The van der Waals surface area contributed by atoms with Gasteiger partial charge < -0.3 is 9.42 Å². The van der Waals surface area contributed by atoms with E-state index in [1.54, 1.807) is 13.1 Å². The average molecular weight is 236 g/mol. The molecule has 1 aromatic heterocycles. The summed E-state index contributed by atoms with van der Waals surface area (Å²) < 4.78 is 5.20. The Kier molecular flexibility index (Phi) is 3.94. The number of carbonyl (C=O) groups is 1. The van der Waals surface area contributed by atoms with Gasteiger partial charge in [0.25, 0.3) is 0 Å². The fourth-order valence-corrected chi connectivity index (χ4v) is 2.47. The Morgan fingerprint density at radius 3 is 2.82 bits per heavy atom. The van der Waals surface area contributed by atoms with Crippen molar-refractivity contribution in [2.45, 2.75) is 33.1 Å². The topological polar surface area (TPSA) is 46.3 Å². The van der Waals surface area contributed by atoms with Gasteiger partial charge in [0.1, 0.15) is 5.76 Å². The Labute approximate surface area is 102 Å². The molecule has 1 aliphatic heterocycles. The van der Waals surface area contributed by atoms with Crippen LogP contribution in [0.1, 0.15) is 42.8 Å². The molecule has 0 aromatic carbocycles. The Morgan fingerprint density at radius 1 is 1.53 bits per heavy atom. The summed E-state index contributed by atoms with van der Waals surface area (Å²) in [5.41, 5.74) is 0.655. The van der Waals surface area contributed by atoms with Gasteiger partial charge in [-0.25, -0.2) is 0 Å². The third kappa shape index (κ3) is 2.94. The predicted octanol–water partition coefficient (Wildman–Crippen LogP) is 2.15. The van der Waals surface area contributed by atoms with Crippen molar-refractivity contribution in [2.75, 3.05) is 19.6 Å². The predicted molar refractivity (Wildman–Crippen MR) is 65.0 cm³/mol. The van der Waals surface area contributed by atoms with E-state index >= 15 is 0 Å². The van der Waals surface area contributed by atoms with Crippen LogP contribution < -0.4 is 0 Å². The second-order valence-electron chi connectivity index (χ2n) is 4.80. The SMILES string of the molecule is CCN1CCC(Cc2oncc2C(C)=O)CC1. The minimum absolute atomic E-state index is 0.0484. The van der Waals surface area contributed by atoms with E-state index < -0.39 is 0 Å². The number of hydrogen-bond donors (Lipinski definition) is 0.